The molecule has 0 amide bonds. The molecule has 0 aliphatic carbocycles. The third-order valence-corrected chi connectivity index (χ3v) is 6.77. The number of fused-ring (bicyclic) bond motifs is 1. The average Bonchev–Trinajstić information content (AvgIpc) is 3.32. The van der Waals surface area contributed by atoms with Gasteiger partial charge in [-0.05, 0) is 43.7 Å². The first kappa shape index (κ1) is 25.7. The van der Waals surface area contributed by atoms with E-state index in [-0.39, 0.29) is 18.2 Å². The number of hydrogen-bond donors (Lipinski definition) is 2. The number of nitrogens with one attached hydrogen (secondary N) is 1. The highest BCUT2D eigenvalue weighted by atomic mass is 32.1. The number of thiophene rings is 1. The van der Waals surface area contributed by atoms with Crippen LogP contribution in [0.1, 0.15) is 19.7 Å². The Balaban J connectivity index is 1.52. The van der Waals surface area contributed by atoms with Crippen LogP contribution in [0.4, 0.5) is 0 Å². The topological polar surface area (TPSA) is 96.9 Å². The predicted octanol–water partition coefficient (Wildman–Crippen LogP) is 4.32. The maximum atomic E-state index is 13.1. The van der Waals surface area contributed by atoms with Crippen molar-refractivity contribution in [2.24, 2.45) is 0 Å². The third kappa shape index (κ3) is 5.87. The van der Waals surface area contributed by atoms with Crippen LogP contribution in [-0.2, 0) is 6.54 Å². The van der Waals surface area contributed by atoms with E-state index in [0.717, 1.165) is 11.1 Å². The van der Waals surface area contributed by atoms with Crippen LogP contribution >= 0.6 is 11.3 Å². The van der Waals surface area contributed by atoms with Crippen LogP contribution in [-0.4, -0.2) is 59.5 Å². The molecule has 0 fully saturated rings. The van der Waals surface area contributed by atoms with Crippen LogP contribution < -0.4 is 19.8 Å². The van der Waals surface area contributed by atoms with Crippen molar-refractivity contribution in [2.75, 3.05) is 27.4 Å². The minimum absolute atomic E-state index is 0.128. The fourth-order valence-electron chi connectivity index (χ4n) is 3.97. The summed E-state index contributed by atoms with van der Waals surface area (Å²) in [7, 11) is 3.17. The summed E-state index contributed by atoms with van der Waals surface area (Å²) >= 11 is 1.42. The average molecular weight is 510 g/mol. The Hall–Kier alpha value is -3.40. The van der Waals surface area contributed by atoms with Gasteiger partial charge in [0, 0.05) is 23.5 Å². The molecule has 2 aromatic carbocycles. The summed E-state index contributed by atoms with van der Waals surface area (Å²) in [5, 5.41) is 13.0. The van der Waals surface area contributed by atoms with Gasteiger partial charge in [-0.3, -0.25) is 9.69 Å². The molecule has 0 aliphatic rings. The summed E-state index contributed by atoms with van der Waals surface area (Å²) in [6, 6.07) is 15.1. The molecule has 190 valence electrons. The second-order valence-corrected chi connectivity index (χ2v) is 9.57. The fourth-order valence-corrected chi connectivity index (χ4v) is 4.93. The molecule has 2 N–H and O–H groups in total. The smallest absolute Gasteiger partial charge is 0.260 e. The number of H-pyrrole nitrogens is 1. The Morgan fingerprint density at radius 3 is 2.53 bits per heavy atom. The van der Waals surface area contributed by atoms with E-state index in [0.29, 0.717) is 46.4 Å². The van der Waals surface area contributed by atoms with Crippen LogP contribution in [0.15, 0.2) is 58.7 Å². The van der Waals surface area contributed by atoms with Gasteiger partial charge in [-0.2, -0.15) is 0 Å². The number of nitrogens with zero attached hydrogens (tertiary/aromatic N) is 2. The van der Waals surface area contributed by atoms with Gasteiger partial charge in [0.15, 0.2) is 11.5 Å². The largest absolute Gasteiger partial charge is 0.493 e. The number of benzene rings is 2. The molecule has 1 unspecified atom stereocenters. The Bertz CT molecular complexity index is 1350. The van der Waals surface area contributed by atoms with Crippen LogP contribution in [0.25, 0.3) is 21.3 Å². The Morgan fingerprint density at radius 1 is 1.08 bits per heavy atom. The summed E-state index contributed by atoms with van der Waals surface area (Å²) in [4.78, 5) is 23.5. The van der Waals surface area contributed by atoms with Gasteiger partial charge in [0.05, 0.1) is 26.2 Å². The summed E-state index contributed by atoms with van der Waals surface area (Å²) < 4.78 is 16.4. The van der Waals surface area contributed by atoms with Crippen molar-refractivity contribution in [1.82, 2.24) is 14.9 Å². The summed E-state index contributed by atoms with van der Waals surface area (Å²) in [6.07, 6.45) is -0.693. The molecule has 0 saturated carbocycles. The highest BCUT2D eigenvalue weighted by molar-refractivity contribution is 7.17. The van der Waals surface area contributed by atoms with E-state index in [1.54, 1.807) is 14.2 Å². The van der Waals surface area contributed by atoms with E-state index in [9.17, 15) is 9.90 Å². The second kappa shape index (κ2) is 11.6. The Kier molecular flexibility index (Phi) is 8.25. The van der Waals surface area contributed by atoms with Gasteiger partial charge in [0.2, 0.25) is 0 Å². The third-order valence-electron chi connectivity index (χ3n) is 5.90. The number of aliphatic hydroxyl groups excluding tert-OH is 1. The van der Waals surface area contributed by atoms with Crippen molar-refractivity contribution >= 4 is 21.6 Å². The van der Waals surface area contributed by atoms with Crippen LogP contribution in [0.5, 0.6) is 17.2 Å². The fraction of sp³-hybridized carbons (Fsp3) is 0.333. The molecule has 4 aromatic rings. The van der Waals surface area contributed by atoms with Crippen molar-refractivity contribution < 1.29 is 19.3 Å². The summed E-state index contributed by atoms with van der Waals surface area (Å²) in [5.41, 5.74) is 1.45. The zero-order chi connectivity index (χ0) is 25.7. The van der Waals surface area contributed by atoms with Gasteiger partial charge in [0.25, 0.3) is 5.56 Å². The van der Waals surface area contributed by atoms with E-state index in [1.807, 2.05) is 67.8 Å². The first-order valence-electron chi connectivity index (χ1n) is 11.7. The quantitative estimate of drug-likeness (QED) is 0.311. The number of aromatic amines is 1. The highest BCUT2D eigenvalue weighted by Gasteiger charge is 2.19. The molecule has 0 spiro atoms. The zero-order valence-electron chi connectivity index (χ0n) is 20.9. The van der Waals surface area contributed by atoms with Gasteiger partial charge < -0.3 is 24.3 Å². The number of rotatable bonds is 11. The number of hydrogen-bond acceptors (Lipinski definition) is 8. The van der Waals surface area contributed by atoms with Gasteiger partial charge in [-0.25, -0.2) is 4.98 Å². The standard InChI is InChI=1S/C27H31N3O5S/c1-17(2)30(13-19(31)15-35-20-8-6-5-7-9-20)14-24-28-26(32)25-21(16-36-27(25)29-24)18-10-11-22(33-3)23(12-18)34-4/h5-12,16-17,19,31H,13-15H2,1-4H3,(H,28,29,32). The first-order chi connectivity index (χ1) is 17.4. The zero-order valence-corrected chi connectivity index (χ0v) is 21.7. The number of aliphatic hydroxyl groups is 1. The van der Waals surface area contributed by atoms with E-state index >= 15 is 0 Å². The van der Waals surface area contributed by atoms with Crippen LogP contribution in [0.2, 0.25) is 0 Å². The van der Waals surface area contributed by atoms with Crippen molar-refractivity contribution in [3.8, 4) is 28.4 Å². The monoisotopic (exact) mass is 509 g/mol. The SMILES string of the molecule is COc1ccc(-c2csc3nc(CN(CC(O)COc4ccccc4)C(C)C)[nH]c(=O)c23)cc1OC. The Morgan fingerprint density at radius 2 is 1.83 bits per heavy atom. The molecule has 4 rings (SSSR count). The van der Waals surface area contributed by atoms with Gasteiger partial charge in [-0.1, -0.05) is 24.3 Å². The predicted molar refractivity (Wildman–Crippen MR) is 142 cm³/mol. The molecule has 0 radical (unpaired) electrons. The van der Waals surface area contributed by atoms with E-state index in [1.165, 1.54) is 11.3 Å². The lowest BCUT2D eigenvalue weighted by Gasteiger charge is -2.28. The first-order valence-corrected chi connectivity index (χ1v) is 12.6. The lowest BCUT2D eigenvalue weighted by Crippen LogP contribution is -2.40. The lowest BCUT2D eigenvalue weighted by molar-refractivity contribution is 0.0533. The van der Waals surface area contributed by atoms with Gasteiger partial charge in [0.1, 0.15) is 29.1 Å². The molecule has 0 aliphatic heterocycles. The molecule has 2 aromatic heterocycles. The van der Waals surface area contributed by atoms with Gasteiger partial charge in [-0.15, -0.1) is 11.3 Å². The molecule has 8 nitrogen and oxygen atoms in total. The summed E-state index contributed by atoms with van der Waals surface area (Å²) in [6.45, 7) is 5.04. The number of methoxy groups -OCH3 is 2. The molecule has 9 heteroatoms. The normalized spacial score (nSPS) is 12.3. The van der Waals surface area contributed by atoms with Gasteiger partial charge >= 0.3 is 0 Å². The maximum absolute atomic E-state index is 13.1. The number of para-hydroxylation sites is 1. The highest BCUT2D eigenvalue weighted by Crippen LogP contribution is 2.36. The molecule has 0 bridgehead atoms. The molecule has 36 heavy (non-hydrogen) atoms. The van der Waals surface area contributed by atoms with Crippen molar-refractivity contribution in [2.45, 2.75) is 32.5 Å². The number of aromatic nitrogens is 2. The molecular weight excluding hydrogens is 478 g/mol. The van der Waals surface area contributed by atoms with Crippen molar-refractivity contribution in [3.63, 3.8) is 0 Å². The Labute approximate surface area is 214 Å². The molecule has 1 atom stereocenters. The molecule has 2 heterocycles. The van der Waals surface area contributed by atoms with E-state index < -0.39 is 6.10 Å². The minimum Gasteiger partial charge on any atom is -0.493 e. The minimum atomic E-state index is -0.693. The molecule has 0 saturated heterocycles. The molecular formula is C27H31N3O5S. The van der Waals surface area contributed by atoms with E-state index in [4.69, 9.17) is 19.2 Å². The van der Waals surface area contributed by atoms with Crippen molar-refractivity contribution in [3.05, 3.63) is 70.1 Å². The summed E-state index contributed by atoms with van der Waals surface area (Å²) in [5.74, 6) is 2.49. The van der Waals surface area contributed by atoms with Crippen LogP contribution in [0, 0.1) is 0 Å². The number of ether oxygens (including phenoxy) is 3. The lowest BCUT2D eigenvalue weighted by atomic mass is 10.1. The maximum Gasteiger partial charge on any atom is 0.260 e. The van der Waals surface area contributed by atoms with E-state index in [2.05, 4.69) is 9.88 Å². The van der Waals surface area contributed by atoms with Crippen LogP contribution in [0.3, 0.4) is 0 Å². The second-order valence-electron chi connectivity index (χ2n) is 8.71. The van der Waals surface area contributed by atoms with Crippen molar-refractivity contribution in [1.29, 1.82) is 0 Å².